The van der Waals surface area contributed by atoms with Crippen LogP contribution < -0.4 is 5.64 Å². The smallest absolute Gasteiger partial charge is 0.345 e. The first-order chi connectivity index (χ1) is 1.91. The van der Waals surface area contributed by atoms with Gasteiger partial charge in [0, 0.05) is 0 Å². The zero-order chi connectivity index (χ0) is 3.41. The first-order valence-corrected chi connectivity index (χ1v) is 0.879. The topological polar surface area (TPSA) is 55.5 Å². The lowest BCUT2D eigenvalue weighted by atomic mass is 10.4. The molecular weight excluding hydrogens is 56.8 g/mol. The second-order valence-electron chi connectivity index (χ2n) is 0.296. The van der Waals surface area contributed by atoms with Crippen molar-refractivity contribution in [3.05, 3.63) is 0 Å². The van der Waals surface area contributed by atoms with Gasteiger partial charge in [-0.2, -0.15) is 0 Å². The molecule has 0 radical (unpaired) electrons. The Balaban J connectivity index is 1.97. The van der Waals surface area contributed by atoms with Crippen LogP contribution in [0.4, 0.5) is 0 Å². The van der Waals surface area contributed by atoms with E-state index in [0.29, 0.717) is 0 Å². The highest BCUT2D eigenvalue weighted by Gasteiger charge is 1.63. The number of rotatable bonds is 1. The van der Waals surface area contributed by atoms with E-state index in [4.69, 9.17) is 5.26 Å². The maximum Gasteiger partial charge on any atom is 0.400 e. The predicted octanol–water partition coefficient (Wildman–Crippen LogP) is -1.30. The number of hydrogen-bond donors (Lipinski definition) is 2. The molecule has 3 nitrogen and oxygen atoms in total. The van der Waals surface area contributed by atoms with Crippen molar-refractivity contribution in [3.8, 4) is 0 Å². The molecule has 4 heavy (non-hydrogen) atoms. The summed E-state index contributed by atoms with van der Waals surface area (Å²) in [6.07, 6.45) is 0. The molecule has 0 aromatic rings. The van der Waals surface area contributed by atoms with Gasteiger partial charge in [-0.05, 0) is 0 Å². The first-order valence-electron chi connectivity index (χ1n) is 0.879. The fourth-order valence-electron chi connectivity index (χ4n) is 0. The largest absolute Gasteiger partial charge is 0.400 e. The van der Waals surface area contributed by atoms with Crippen molar-refractivity contribution in [2.45, 2.75) is 0 Å². The molecule has 0 atom stereocenters. The molecule has 0 unspecified atom stereocenters. The zero-order valence-corrected chi connectivity index (χ0v) is 2.14. The van der Waals surface area contributed by atoms with Gasteiger partial charge < -0.3 is 5.64 Å². The summed E-state index contributed by atoms with van der Waals surface area (Å²) in [5.41, 5.74) is 4.56. The molecule has 0 spiro atoms. The van der Waals surface area contributed by atoms with Crippen molar-refractivity contribution in [2.75, 3.05) is 0 Å². The van der Waals surface area contributed by atoms with Crippen LogP contribution in [0.25, 0.3) is 0 Å². The normalized spacial score (nSPS) is 6.50. The monoisotopic (exact) mass is 61.0 g/mol. The molecule has 0 rings (SSSR count). The Morgan fingerprint density at radius 1 is 2.00 bits per heavy atom. The van der Waals surface area contributed by atoms with E-state index in [2.05, 4.69) is 10.4 Å². The van der Waals surface area contributed by atoms with Crippen LogP contribution in [-0.2, 0) is 4.81 Å². The Morgan fingerprint density at radius 3 is 2.25 bits per heavy atom. The van der Waals surface area contributed by atoms with E-state index in [9.17, 15) is 0 Å². The van der Waals surface area contributed by atoms with E-state index >= 15 is 0 Å². The average molecular weight is 60.8 g/mol. The molecule has 0 aromatic heterocycles. The van der Waals surface area contributed by atoms with Crippen LogP contribution in [0.1, 0.15) is 0 Å². The summed E-state index contributed by atoms with van der Waals surface area (Å²) in [4.78, 5) is 3.32. The van der Waals surface area contributed by atoms with Crippen molar-refractivity contribution >= 4 is 7.62 Å². The van der Waals surface area contributed by atoms with Gasteiger partial charge in [0.05, 0.1) is 0 Å². The standard InChI is InChI=1S/BH4NO2/c2-1-4-3/h1,3H,2H2. The predicted molar refractivity (Wildman–Crippen MR) is 15.1 cm³/mol. The lowest BCUT2D eigenvalue weighted by Crippen LogP contribution is -2.05. The summed E-state index contributed by atoms with van der Waals surface area (Å²) in [6.45, 7) is 0. The Labute approximate surface area is 24.6 Å². The second kappa shape index (κ2) is 2.94. The van der Waals surface area contributed by atoms with Gasteiger partial charge in [-0.1, -0.05) is 0 Å². The van der Waals surface area contributed by atoms with Gasteiger partial charge in [0.25, 0.3) is 0 Å². The minimum Gasteiger partial charge on any atom is -0.345 e. The van der Waals surface area contributed by atoms with Crippen molar-refractivity contribution < 1.29 is 10.1 Å². The summed E-state index contributed by atoms with van der Waals surface area (Å²) in [5.74, 6) is 0. The molecule has 0 bridgehead atoms. The molecule has 0 fully saturated rings. The molecule has 0 aliphatic rings. The van der Waals surface area contributed by atoms with Gasteiger partial charge in [0.15, 0.2) is 0 Å². The molecule has 0 aliphatic heterocycles. The molecule has 0 saturated carbocycles. The zero-order valence-electron chi connectivity index (χ0n) is 2.14. The lowest BCUT2D eigenvalue weighted by molar-refractivity contribution is -0.138. The van der Waals surface area contributed by atoms with Crippen LogP contribution in [0.15, 0.2) is 0 Å². The molecule has 0 heterocycles. The van der Waals surface area contributed by atoms with E-state index in [-0.39, 0.29) is 7.62 Å². The molecule has 3 N–H and O–H groups in total. The molecule has 24 valence electrons. The van der Waals surface area contributed by atoms with E-state index in [0.717, 1.165) is 0 Å². The van der Waals surface area contributed by atoms with E-state index < -0.39 is 0 Å². The van der Waals surface area contributed by atoms with Gasteiger partial charge in [0.1, 0.15) is 0 Å². The van der Waals surface area contributed by atoms with Crippen LogP contribution in [-0.4, -0.2) is 12.9 Å². The molecule has 0 aromatic carbocycles. The first kappa shape index (κ1) is 3.94. The third kappa shape index (κ3) is 1.94. The second-order valence-corrected chi connectivity index (χ2v) is 0.296. The third-order valence-electron chi connectivity index (χ3n) is 0.0745. The molecular formula is H4BNO2. The number of hydrogen-bond acceptors (Lipinski definition) is 3. The average Bonchev–Trinajstić information content (AvgIpc) is 1.37. The Kier molecular flexibility index (Phi) is 2.90. The highest BCUT2D eigenvalue weighted by molar-refractivity contribution is 6.21. The fourth-order valence-corrected chi connectivity index (χ4v) is 0. The van der Waals surface area contributed by atoms with E-state index in [1.54, 1.807) is 0 Å². The maximum absolute atomic E-state index is 7.25. The van der Waals surface area contributed by atoms with Crippen LogP contribution >= 0.6 is 0 Å². The Hall–Kier alpha value is -0.0551. The van der Waals surface area contributed by atoms with E-state index in [1.165, 1.54) is 0 Å². The Morgan fingerprint density at radius 2 is 2.25 bits per heavy atom. The third-order valence-corrected chi connectivity index (χ3v) is 0.0745. The van der Waals surface area contributed by atoms with Crippen molar-refractivity contribution in [1.82, 2.24) is 0 Å². The van der Waals surface area contributed by atoms with Gasteiger partial charge >= 0.3 is 7.62 Å². The number of nitrogens with two attached hydrogens (primary N) is 1. The molecule has 0 aliphatic carbocycles. The van der Waals surface area contributed by atoms with Crippen LogP contribution in [0, 0.1) is 0 Å². The summed E-state index contributed by atoms with van der Waals surface area (Å²) in [5, 5.41) is 7.25. The summed E-state index contributed by atoms with van der Waals surface area (Å²) >= 11 is 0. The van der Waals surface area contributed by atoms with Crippen molar-refractivity contribution in [3.63, 3.8) is 0 Å². The quantitative estimate of drug-likeness (QED) is 0.225. The van der Waals surface area contributed by atoms with Crippen LogP contribution in [0.2, 0.25) is 0 Å². The van der Waals surface area contributed by atoms with Crippen molar-refractivity contribution in [2.24, 2.45) is 5.64 Å². The fraction of sp³-hybridized carbons (Fsp3) is 0. The van der Waals surface area contributed by atoms with Gasteiger partial charge in [0.2, 0.25) is 0 Å². The van der Waals surface area contributed by atoms with E-state index in [1.807, 2.05) is 0 Å². The van der Waals surface area contributed by atoms with Crippen molar-refractivity contribution in [1.29, 1.82) is 0 Å². The Bertz CT molecular complexity index is 8.00. The highest BCUT2D eigenvalue weighted by Crippen LogP contribution is 1.33. The maximum atomic E-state index is 7.25. The molecule has 4 heteroatoms. The molecule has 0 saturated heterocycles. The van der Waals surface area contributed by atoms with Gasteiger partial charge in [-0.25, -0.2) is 0 Å². The lowest BCUT2D eigenvalue weighted by Gasteiger charge is -1.71. The van der Waals surface area contributed by atoms with Gasteiger partial charge in [-0.3, -0.25) is 10.1 Å². The minimum absolute atomic E-state index is 0.125. The van der Waals surface area contributed by atoms with Gasteiger partial charge in [-0.15, -0.1) is 0 Å². The van der Waals surface area contributed by atoms with Crippen LogP contribution in [0.5, 0.6) is 0 Å². The van der Waals surface area contributed by atoms with Crippen LogP contribution in [0.3, 0.4) is 0 Å². The summed E-state index contributed by atoms with van der Waals surface area (Å²) in [6, 6.07) is 0. The SMILES string of the molecule is NBOO. The summed E-state index contributed by atoms with van der Waals surface area (Å²) in [7, 11) is -0.125. The minimum atomic E-state index is -0.125. The summed E-state index contributed by atoms with van der Waals surface area (Å²) < 4.78 is 0. The molecule has 0 amide bonds. The highest BCUT2D eigenvalue weighted by atomic mass is 17.1.